The summed E-state index contributed by atoms with van der Waals surface area (Å²) >= 11 is 0. The van der Waals surface area contributed by atoms with Gasteiger partial charge in [-0.3, -0.25) is 9.59 Å². The normalized spacial score (nSPS) is 20.4. The van der Waals surface area contributed by atoms with Crippen molar-refractivity contribution < 1.29 is 24.2 Å². The SMILES string of the molecule is CC[C@@]1(O)C(=O)OCc2c1cc1n(c2=O)Cc2cc3cc(OCC(=O)N4CCCC4)ccc3nc2-1. The van der Waals surface area contributed by atoms with Crippen LogP contribution in [0.4, 0.5) is 0 Å². The zero-order valence-electron chi connectivity index (χ0n) is 19.4. The second-order valence-corrected chi connectivity index (χ2v) is 9.33. The first-order chi connectivity index (χ1) is 16.9. The fourth-order valence-electron chi connectivity index (χ4n) is 5.26. The molecule has 0 bridgehead atoms. The third-order valence-electron chi connectivity index (χ3n) is 7.30. The lowest BCUT2D eigenvalue weighted by atomic mass is 9.86. The standard InChI is InChI=1S/C26H25N3O6/c1-2-26(33)19-11-21-23-16(12-29(21)24(31)18(19)13-35-25(26)32)9-15-10-17(5-6-20(15)27-23)34-14-22(30)28-7-3-4-8-28/h5-6,9-11,33H,2-4,7-8,12-14H2,1H3/t26-/m0/s1. The van der Waals surface area contributed by atoms with E-state index in [1.165, 1.54) is 0 Å². The Labute approximate surface area is 200 Å². The number of hydrogen-bond donors (Lipinski definition) is 1. The first kappa shape index (κ1) is 21.8. The highest BCUT2D eigenvalue weighted by molar-refractivity contribution is 5.87. The molecule has 3 aliphatic heterocycles. The Morgan fingerprint density at radius 1 is 1.20 bits per heavy atom. The number of aliphatic hydroxyl groups is 1. The summed E-state index contributed by atoms with van der Waals surface area (Å²) in [5.41, 5.74) is 1.25. The van der Waals surface area contributed by atoms with Crippen molar-refractivity contribution in [1.82, 2.24) is 14.5 Å². The number of benzene rings is 1. The molecular weight excluding hydrogens is 450 g/mol. The number of hydrogen-bond acceptors (Lipinski definition) is 7. The van der Waals surface area contributed by atoms with Gasteiger partial charge in [-0.2, -0.15) is 0 Å². The zero-order valence-corrected chi connectivity index (χ0v) is 19.4. The van der Waals surface area contributed by atoms with Crippen molar-refractivity contribution in [3.63, 3.8) is 0 Å². The van der Waals surface area contributed by atoms with Crippen LogP contribution >= 0.6 is 0 Å². The number of aromatic nitrogens is 2. The highest BCUT2D eigenvalue weighted by Gasteiger charge is 2.45. The quantitative estimate of drug-likeness (QED) is 0.450. The van der Waals surface area contributed by atoms with Crippen LogP contribution in [0.3, 0.4) is 0 Å². The molecule has 5 heterocycles. The van der Waals surface area contributed by atoms with Crippen molar-refractivity contribution >= 4 is 22.8 Å². The predicted octanol–water partition coefficient (Wildman–Crippen LogP) is 2.08. The smallest absolute Gasteiger partial charge is 0.343 e. The van der Waals surface area contributed by atoms with E-state index in [-0.39, 0.29) is 31.1 Å². The van der Waals surface area contributed by atoms with Crippen molar-refractivity contribution in [3.05, 3.63) is 57.4 Å². The number of amides is 1. The average molecular weight is 476 g/mol. The van der Waals surface area contributed by atoms with Crippen LogP contribution in [-0.2, 0) is 33.1 Å². The molecule has 3 aromatic rings. The average Bonchev–Trinajstić information content (AvgIpc) is 3.52. The van der Waals surface area contributed by atoms with Crippen LogP contribution < -0.4 is 10.3 Å². The van der Waals surface area contributed by atoms with Crippen LogP contribution in [0, 0.1) is 0 Å². The van der Waals surface area contributed by atoms with Crippen LogP contribution in [0.2, 0.25) is 0 Å². The molecule has 0 unspecified atom stereocenters. The maximum absolute atomic E-state index is 13.3. The number of fused-ring (bicyclic) bond motifs is 5. The summed E-state index contributed by atoms with van der Waals surface area (Å²) < 4.78 is 12.5. The van der Waals surface area contributed by atoms with E-state index in [9.17, 15) is 19.5 Å². The minimum absolute atomic E-state index is 0.00259. The summed E-state index contributed by atoms with van der Waals surface area (Å²) in [6, 6.07) is 9.11. The van der Waals surface area contributed by atoms with Gasteiger partial charge < -0.3 is 24.0 Å². The molecule has 0 aliphatic carbocycles. The maximum atomic E-state index is 13.3. The van der Waals surface area contributed by atoms with Gasteiger partial charge in [-0.25, -0.2) is 9.78 Å². The Bertz CT molecular complexity index is 1460. The summed E-state index contributed by atoms with van der Waals surface area (Å²) in [6.45, 7) is 3.43. The van der Waals surface area contributed by atoms with Gasteiger partial charge in [-0.05, 0) is 49.6 Å². The molecular formula is C26H25N3O6. The van der Waals surface area contributed by atoms with Crippen molar-refractivity contribution in [2.45, 2.75) is 44.9 Å². The van der Waals surface area contributed by atoms with Crippen LogP contribution in [0.1, 0.15) is 42.9 Å². The molecule has 1 saturated heterocycles. The van der Waals surface area contributed by atoms with Crippen LogP contribution in [-0.4, -0.2) is 51.1 Å². The molecule has 1 aromatic carbocycles. The minimum atomic E-state index is -1.85. The minimum Gasteiger partial charge on any atom is -0.484 e. The Kier molecular flexibility index (Phi) is 4.93. The Hall–Kier alpha value is -3.72. The first-order valence-electron chi connectivity index (χ1n) is 11.9. The van der Waals surface area contributed by atoms with E-state index >= 15 is 0 Å². The van der Waals surface area contributed by atoms with E-state index < -0.39 is 11.6 Å². The zero-order chi connectivity index (χ0) is 24.3. The molecule has 180 valence electrons. The molecule has 1 N–H and O–H groups in total. The van der Waals surface area contributed by atoms with Gasteiger partial charge in [0.1, 0.15) is 12.4 Å². The van der Waals surface area contributed by atoms with E-state index in [2.05, 4.69) is 0 Å². The monoisotopic (exact) mass is 475 g/mol. The van der Waals surface area contributed by atoms with E-state index in [0.29, 0.717) is 40.3 Å². The molecule has 2 aromatic heterocycles. The summed E-state index contributed by atoms with van der Waals surface area (Å²) in [6.07, 6.45) is 2.17. The Morgan fingerprint density at radius 2 is 2.00 bits per heavy atom. The van der Waals surface area contributed by atoms with Gasteiger partial charge in [0.2, 0.25) is 0 Å². The van der Waals surface area contributed by atoms with Crippen LogP contribution in [0.5, 0.6) is 5.75 Å². The highest BCUT2D eigenvalue weighted by atomic mass is 16.6. The van der Waals surface area contributed by atoms with Gasteiger partial charge in [-0.1, -0.05) is 6.92 Å². The third-order valence-corrected chi connectivity index (χ3v) is 7.30. The van der Waals surface area contributed by atoms with Gasteiger partial charge in [0, 0.05) is 29.6 Å². The van der Waals surface area contributed by atoms with Gasteiger partial charge in [0.05, 0.1) is 29.0 Å². The lowest BCUT2D eigenvalue weighted by Gasteiger charge is -2.31. The number of nitrogens with zero attached hydrogens (tertiary/aromatic N) is 3. The number of carbonyl (C=O) groups excluding carboxylic acids is 2. The molecule has 1 amide bonds. The molecule has 1 fully saturated rings. The molecule has 6 rings (SSSR count). The summed E-state index contributed by atoms with van der Waals surface area (Å²) in [4.78, 5) is 44.5. The predicted molar refractivity (Wildman–Crippen MR) is 126 cm³/mol. The first-order valence-corrected chi connectivity index (χ1v) is 11.9. The topological polar surface area (TPSA) is 111 Å². The number of ether oxygens (including phenoxy) is 2. The fraction of sp³-hybridized carbons (Fsp3) is 0.385. The molecule has 3 aliphatic rings. The van der Waals surface area contributed by atoms with Crippen molar-refractivity contribution in [2.75, 3.05) is 19.7 Å². The summed E-state index contributed by atoms with van der Waals surface area (Å²) in [5.74, 6) is -0.168. The van der Waals surface area contributed by atoms with E-state index in [4.69, 9.17) is 14.5 Å². The maximum Gasteiger partial charge on any atom is 0.343 e. The van der Waals surface area contributed by atoms with E-state index in [1.807, 2.05) is 23.1 Å². The number of rotatable bonds is 4. The molecule has 35 heavy (non-hydrogen) atoms. The van der Waals surface area contributed by atoms with Crippen molar-refractivity contribution in [2.24, 2.45) is 0 Å². The number of cyclic esters (lactones) is 1. The number of pyridine rings is 2. The molecule has 0 spiro atoms. The molecule has 1 atom stereocenters. The van der Waals surface area contributed by atoms with Gasteiger partial charge in [-0.15, -0.1) is 0 Å². The van der Waals surface area contributed by atoms with Crippen LogP contribution in [0.15, 0.2) is 35.1 Å². The third kappa shape index (κ3) is 3.33. The summed E-state index contributed by atoms with van der Waals surface area (Å²) in [5, 5.41) is 11.8. The Balaban J connectivity index is 1.35. The van der Waals surface area contributed by atoms with Crippen LogP contribution in [0.25, 0.3) is 22.3 Å². The molecule has 0 saturated carbocycles. The highest BCUT2D eigenvalue weighted by Crippen LogP contribution is 2.38. The van der Waals surface area contributed by atoms with Crippen molar-refractivity contribution in [1.29, 1.82) is 0 Å². The molecule has 0 radical (unpaired) electrons. The van der Waals surface area contributed by atoms with Crippen molar-refractivity contribution in [3.8, 4) is 17.1 Å². The van der Waals surface area contributed by atoms with Gasteiger partial charge in [0.15, 0.2) is 12.2 Å². The lowest BCUT2D eigenvalue weighted by Crippen LogP contribution is -2.44. The second-order valence-electron chi connectivity index (χ2n) is 9.33. The molecule has 9 nitrogen and oxygen atoms in total. The number of likely N-dealkylation sites (tertiary alicyclic amines) is 1. The second kappa shape index (κ2) is 7.91. The summed E-state index contributed by atoms with van der Waals surface area (Å²) in [7, 11) is 0. The van der Waals surface area contributed by atoms with Gasteiger partial charge in [0.25, 0.3) is 11.5 Å². The molecule has 9 heteroatoms. The number of carbonyl (C=O) groups is 2. The largest absolute Gasteiger partial charge is 0.484 e. The Morgan fingerprint density at radius 3 is 2.77 bits per heavy atom. The lowest BCUT2D eigenvalue weighted by molar-refractivity contribution is -0.172. The van der Waals surface area contributed by atoms with E-state index in [1.54, 1.807) is 23.6 Å². The van der Waals surface area contributed by atoms with Gasteiger partial charge >= 0.3 is 5.97 Å². The number of esters is 1. The fourth-order valence-corrected chi connectivity index (χ4v) is 5.26. The van der Waals surface area contributed by atoms with E-state index in [0.717, 1.165) is 36.9 Å².